The van der Waals surface area contributed by atoms with Gasteiger partial charge in [0.1, 0.15) is 0 Å². The second kappa shape index (κ2) is 6.32. The largest absolute Gasteiger partial charge is 0.416 e. The highest BCUT2D eigenvalue weighted by molar-refractivity contribution is 7.88. The van der Waals surface area contributed by atoms with Gasteiger partial charge in [-0.1, -0.05) is 18.2 Å². The Morgan fingerprint density at radius 3 is 2.36 bits per heavy atom. The topological polar surface area (TPSA) is 77.5 Å². The fourth-order valence-electron chi connectivity index (χ4n) is 3.18. The fourth-order valence-corrected chi connectivity index (χ4v) is 3.82. The minimum Gasteiger partial charge on any atom is -0.313 e. The van der Waals surface area contributed by atoms with Crippen LogP contribution in [-0.4, -0.2) is 17.8 Å². The van der Waals surface area contributed by atoms with Crippen LogP contribution >= 0.6 is 0 Å². The number of halogens is 3. The average Bonchev–Trinajstić information content (AvgIpc) is 3.08. The number of primary sulfonamides is 1. The molecule has 0 saturated heterocycles. The van der Waals surface area contributed by atoms with Gasteiger partial charge in [0.25, 0.3) is 0 Å². The fraction of sp³-hybridized carbons (Fsp3) is 0.105. The molecule has 0 unspecified atom stereocenters. The standard InChI is InChI=1S/C19H14F3N3O2S/c20-19(21,22)14-6-4-13(5-7-14)18-17-2-1-9-25(17)16-8-3-12(10-15(16)24-18)11-28(23,26)27/h1-10H,11H2,(H2,23,26,27). The van der Waals surface area contributed by atoms with Crippen molar-refractivity contribution in [1.29, 1.82) is 0 Å². The van der Waals surface area contributed by atoms with Crippen molar-refractivity contribution in [2.24, 2.45) is 5.14 Å². The number of hydrogen-bond acceptors (Lipinski definition) is 3. The molecule has 0 aliphatic rings. The lowest BCUT2D eigenvalue weighted by atomic mass is 10.1. The minimum absolute atomic E-state index is 0.329. The van der Waals surface area contributed by atoms with Crippen molar-refractivity contribution in [3.63, 3.8) is 0 Å². The van der Waals surface area contributed by atoms with E-state index < -0.39 is 21.8 Å². The van der Waals surface area contributed by atoms with Gasteiger partial charge < -0.3 is 4.40 Å². The lowest BCUT2D eigenvalue weighted by Crippen LogP contribution is -2.14. The van der Waals surface area contributed by atoms with Crippen LogP contribution in [0, 0.1) is 0 Å². The number of nitrogens with two attached hydrogens (primary N) is 1. The smallest absolute Gasteiger partial charge is 0.313 e. The Labute approximate surface area is 158 Å². The first-order valence-corrected chi connectivity index (χ1v) is 9.91. The molecule has 5 nitrogen and oxygen atoms in total. The molecular formula is C19H14F3N3O2S. The van der Waals surface area contributed by atoms with Crippen LogP contribution in [0.4, 0.5) is 13.2 Å². The van der Waals surface area contributed by atoms with Crippen molar-refractivity contribution in [1.82, 2.24) is 9.38 Å². The van der Waals surface area contributed by atoms with E-state index in [1.165, 1.54) is 12.1 Å². The molecule has 4 aromatic rings. The maximum atomic E-state index is 12.8. The van der Waals surface area contributed by atoms with Gasteiger partial charge in [-0.3, -0.25) is 0 Å². The molecule has 0 atom stereocenters. The van der Waals surface area contributed by atoms with Gasteiger partial charge in [-0.05, 0) is 42.0 Å². The van der Waals surface area contributed by atoms with E-state index in [4.69, 9.17) is 5.14 Å². The van der Waals surface area contributed by atoms with E-state index in [0.717, 1.165) is 23.2 Å². The number of hydrogen-bond donors (Lipinski definition) is 1. The highest BCUT2D eigenvalue weighted by Gasteiger charge is 2.30. The van der Waals surface area contributed by atoms with Crippen molar-refractivity contribution in [3.05, 3.63) is 71.9 Å². The summed E-state index contributed by atoms with van der Waals surface area (Å²) in [4.78, 5) is 4.59. The Hall–Kier alpha value is -2.91. The second-order valence-electron chi connectivity index (χ2n) is 6.43. The molecule has 0 radical (unpaired) electrons. The van der Waals surface area contributed by atoms with Crippen molar-refractivity contribution in [3.8, 4) is 11.3 Å². The third-order valence-corrected chi connectivity index (χ3v) is 5.11. The summed E-state index contributed by atoms with van der Waals surface area (Å²) in [6.07, 6.45) is -2.60. The molecule has 0 bridgehead atoms. The molecule has 9 heteroatoms. The number of alkyl halides is 3. The van der Waals surface area contributed by atoms with Crippen LogP contribution in [-0.2, 0) is 22.0 Å². The molecule has 144 valence electrons. The lowest BCUT2D eigenvalue weighted by Gasteiger charge is -2.11. The Morgan fingerprint density at radius 1 is 1.00 bits per heavy atom. The Balaban J connectivity index is 1.90. The summed E-state index contributed by atoms with van der Waals surface area (Å²) in [6.45, 7) is 0. The molecule has 0 fully saturated rings. The van der Waals surface area contributed by atoms with E-state index in [9.17, 15) is 21.6 Å². The van der Waals surface area contributed by atoms with Crippen LogP contribution in [0.3, 0.4) is 0 Å². The first-order chi connectivity index (χ1) is 13.1. The van der Waals surface area contributed by atoms with Crippen molar-refractivity contribution in [2.75, 3.05) is 0 Å². The lowest BCUT2D eigenvalue weighted by molar-refractivity contribution is -0.137. The Kier molecular flexibility index (Phi) is 4.16. The van der Waals surface area contributed by atoms with E-state index in [-0.39, 0.29) is 5.75 Å². The first-order valence-electron chi connectivity index (χ1n) is 8.20. The zero-order valence-electron chi connectivity index (χ0n) is 14.3. The Bertz CT molecular complexity index is 1290. The van der Waals surface area contributed by atoms with Gasteiger partial charge in [-0.25, -0.2) is 18.5 Å². The average molecular weight is 405 g/mol. The van der Waals surface area contributed by atoms with Gasteiger partial charge in [-0.15, -0.1) is 0 Å². The van der Waals surface area contributed by atoms with E-state index in [1.807, 2.05) is 22.7 Å². The SMILES string of the molecule is NS(=O)(=O)Cc1ccc2c(c1)nc(-c1ccc(C(F)(F)F)cc1)c1cccn12. The van der Waals surface area contributed by atoms with Crippen LogP contribution < -0.4 is 5.14 Å². The molecule has 2 N–H and O–H groups in total. The van der Waals surface area contributed by atoms with E-state index in [0.29, 0.717) is 22.3 Å². The molecule has 0 aliphatic heterocycles. The predicted octanol–water partition coefficient (Wildman–Crippen LogP) is 3.96. The van der Waals surface area contributed by atoms with Crippen LogP contribution in [0.2, 0.25) is 0 Å². The molecule has 0 amide bonds. The van der Waals surface area contributed by atoms with Gasteiger partial charge in [0.2, 0.25) is 10.0 Å². The number of rotatable bonds is 3. The van der Waals surface area contributed by atoms with Crippen LogP contribution in [0.5, 0.6) is 0 Å². The summed E-state index contributed by atoms with van der Waals surface area (Å²) in [6, 6.07) is 13.4. The number of sulfonamides is 1. The van der Waals surface area contributed by atoms with Crippen molar-refractivity contribution >= 4 is 26.6 Å². The maximum absolute atomic E-state index is 12.8. The van der Waals surface area contributed by atoms with E-state index >= 15 is 0 Å². The van der Waals surface area contributed by atoms with Gasteiger partial charge in [0.05, 0.1) is 33.6 Å². The van der Waals surface area contributed by atoms with Crippen molar-refractivity contribution < 1.29 is 21.6 Å². The van der Waals surface area contributed by atoms with Crippen LogP contribution in [0.15, 0.2) is 60.8 Å². The highest BCUT2D eigenvalue weighted by Crippen LogP contribution is 2.32. The predicted molar refractivity (Wildman–Crippen MR) is 99.9 cm³/mol. The monoisotopic (exact) mass is 405 g/mol. The van der Waals surface area contributed by atoms with E-state index in [1.54, 1.807) is 18.2 Å². The zero-order valence-corrected chi connectivity index (χ0v) is 15.1. The molecule has 4 rings (SSSR count). The molecular weight excluding hydrogens is 391 g/mol. The summed E-state index contributed by atoms with van der Waals surface area (Å²) in [5.41, 5.74) is 2.75. The minimum atomic E-state index is -4.41. The third-order valence-electron chi connectivity index (χ3n) is 4.38. The number of benzene rings is 2. The summed E-state index contributed by atoms with van der Waals surface area (Å²) in [7, 11) is -3.70. The number of fused-ring (bicyclic) bond motifs is 3. The summed E-state index contributed by atoms with van der Waals surface area (Å²) >= 11 is 0. The van der Waals surface area contributed by atoms with Gasteiger partial charge in [0, 0.05) is 11.8 Å². The first kappa shape index (κ1) is 18.5. The maximum Gasteiger partial charge on any atom is 0.416 e. The molecule has 28 heavy (non-hydrogen) atoms. The van der Waals surface area contributed by atoms with E-state index in [2.05, 4.69) is 4.98 Å². The third kappa shape index (κ3) is 3.46. The molecule has 0 saturated carbocycles. The second-order valence-corrected chi connectivity index (χ2v) is 8.04. The Morgan fingerprint density at radius 2 is 1.71 bits per heavy atom. The van der Waals surface area contributed by atoms with Gasteiger partial charge in [0.15, 0.2) is 0 Å². The molecule has 0 spiro atoms. The summed E-state index contributed by atoms with van der Waals surface area (Å²) in [5, 5.41) is 5.11. The highest BCUT2D eigenvalue weighted by atomic mass is 32.2. The zero-order chi connectivity index (χ0) is 20.1. The molecule has 0 aliphatic carbocycles. The van der Waals surface area contributed by atoms with Gasteiger partial charge >= 0.3 is 6.18 Å². The quantitative estimate of drug-likeness (QED) is 0.560. The van der Waals surface area contributed by atoms with Crippen LogP contribution in [0.25, 0.3) is 27.8 Å². The number of nitrogens with zero attached hydrogens (tertiary/aromatic N) is 2. The van der Waals surface area contributed by atoms with Crippen molar-refractivity contribution in [2.45, 2.75) is 11.9 Å². The molecule has 2 aromatic heterocycles. The van der Waals surface area contributed by atoms with Crippen LogP contribution in [0.1, 0.15) is 11.1 Å². The normalized spacial score (nSPS) is 12.7. The number of aromatic nitrogens is 2. The molecule has 2 heterocycles. The summed E-state index contributed by atoms with van der Waals surface area (Å²) < 4.78 is 63.1. The summed E-state index contributed by atoms with van der Waals surface area (Å²) in [5.74, 6) is -0.329. The molecule has 2 aromatic carbocycles. The van der Waals surface area contributed by atoms with Gasteiger partial charge in [-0.2, -0.15) is 13.2 Å².